The average Bonchev–Trinajstić information content (AvgIpc) is 2.48. The number of hydrogen-bond acceptors (Lipinski definition) is 4. The lowest BCUT2D eigenvalue weighted by Crippen LogP contribution is -2.03. The number of methoxy groups -OCH3 is 2. The molecule has 0 spiro atoms. The maximum atomic E-state index is 11.3. The summed E-state index contributed by atoms with van der Waals surface area (Å²) >= 11 is 0. The van der Waals surface area contributed by atoms with Crippen molar-refractivity contribution in [3.63, 3.8) is 0 Å². The van der Waals surface area contributed by atoms with Gasteiger partial charge in [-0.25, -0.2) is 4.79 Å². The molecule has 0 atom stereocenters. The molecule has 2 N–H and O–H groups in total. The van der Waals surface area contributed by atoms with Crippen molar-refractivity contribution in [1.29, 1.82) is 0 Å². The van der Waals surface area contributed by atoms with Crippen molar-refractivity contribution in [3.05, 3.63) is 47.5 Å². The number of aryl methyl sites for hydroxylation is 1. The minimum absolute atomic E-state index is 0.227. The van der Waals surface area contributed by atoms with Crippen molar-refractivity contribution < 1.29 is 19.4 Å². The Labute approximate surface area is 123 Å². The second kappa shape index (κ2) is 6.17. The molecule has 0 aliphatic rings. The van der Waals surface area contributed by atoms with Gasteiger partial charge in [0.15, 0.2) is 11.5 Å². The quantitative estimate of drug-likeness (QED) is 0.881. The third-order valence-electron chi connectivity index (χ3n) is 3.07. The molecule has 2 aromatic rings. The smallest absolute Gasteiger partial charge is 0.337 e. The number of carbonyl (C=O) groups is 1. The summed E-state index contributed by atoms with van der Waals surface area (Å²) in [6.45, 7) is 1.85. The van der Waals surface area contributed by atoms with Crippen LogP contribution in [0.15, 0.2) is 36.4 Å². The van der Waals surface area contributed by atoms with Gasteiger partial charge in [-0.1, -0.05) is 11.6 Å². The number of hydrogen-bond donors (Lipinski definition) is 2. The van der Waals surface area contributed by atoms with E-state index >= 15 is 0 Å². The Balaban J connectivity index is 2.36. The first-order chi connectivity index (χ1) is 10.0. The van der Waals surface area contributed by atoms with Crippen molar-refractivity contribution in [1.82, 2.24) is 0 Å². The molecule has 0 heterocycles. The monoisotopic (exact) mass is 287 g/mol. The fourth-order valence-electron chi connectivity index (χ4n) is 2.01. The third kappa shape index (κ3) is 3.25. The Morgan fingerprint density at radius 2 is 1.76 bits per heavy atom. The van der Waals surface area contributed by atoms with Crippen molar-refractivity contribution in [2.75, 3.05) is 19.5 Å². The van der Waals surface area contributed by atoms with E-state index in [4.69, 9.17) is 9.47 Å². The Hall–Kier alpha value is -2.69. The van der Waals surface area contributed by atoms with Crippen LogP contribution in [0.2, 0.25) is 0 Å². The number of nitrogens with one attached hydrogen (secondary N) is 1. The highest BCUT2D eigenvalue weighted by Crippen LogP contribution is 2.32. The number of carboxylic acids is 1. The normalized spacial score (nSPS) is 10.0. The number of anilines is 2. The van der Waals surface area contributed by atoms with E-state index in [1.54, 1.807) is 44.6 Å². The molecule has 0 saturated heterocycles. The van der Waals surface area contributed by atoms with E-state index in [0.717, 1.165) is 11.3 Å². The van der Waals surface area contributed by atoms with Gasteiger partial charge in [-0.3, -0.25) is 0 Å². The first-order valence-electron chi connectivity index (χ1n) is 6.38. The lowest BCUT2D eigenvalue weighted by molar-refractivity contribution is 0.0698. The summed E-state index contributed by atoms with van der Waals surface area (Å²) in [5, 5.41) is 12.4. The molecule has 0 aliphatic heterocycles. The highest BCUT2D eigenvalue weighted by molar-refractivity contribution is 5.95. The van der Waals surface area contributed by atoms with Gasteiger partial charge in [-0.15, -0.1) is 0 Å². The number of carboxylic acid groups (broad SMARTS) is 1. The molecule has 110 valence electrons. The molecule has 0 saturated carbocycles. The summed E-state index contributed by atoms with van der Waals surface area (Å²) in [5.74, 6) is 0.221. The van der Waals surface area contributed by atoms with E-state index in [9.17, 15) is 9.90 Å². The molecular formula is C16H17NO4. The largest absolute Gasteiger partial charge is 0.493 e. The average molecular weight is 287 g/mol. The molecular weight excluding hydrogens is 270 g/mol. The van der Waals surface area contributed by atoms with E-state index < -0.39 is 5.97 Å². The second-order valence-electron chi connectivity index (χ2n) is 4.55. The van der Waals surface area contributed by atoms with Gasteiger partial charge in [0.25, 0.3) is 0 Å². The molecule has 0 aromatic heterocycles. The molecule has 0 radical (unpaired) electrons. The zero-order valence-corrected chi connectivity index (χ0v) is 12.1. The van der Waals surface area contributed by atoms with Crippen LogP contribution in [0, 0.1) is 6.92 Å². The number of ether oxygens (including phenoxy) is 2. The molecule has 0 unspecified atom stereocenters. The number of benzene rings is 2. The molecule has 5 heteroatoms. The van der Waals surface area contributed by atoms with E-state index in [1.807, 2.05) is 13.0 Å². The van der Waals surface area contributed by atoms with Gasteiger partial charge in [0.05, 0.1) is 25.5 Å². The first kappa shape index (κ1) is 14.7. The van der Waals surface area contributed by atoms with Gasteiger partial charge in [-0.05, 0) is 31.2 Å². The summed E-state index contributed by atoms with van der Waals surface area (Å²) < 4.78 is 10.4. The summed E-state index contributed by atoms with van der Waals surface area (Å²) in [7, 11) is 3.11. The van der Waals surface area contributed by atoms with Crippen LogP contribution in [0.5, 0.6) is 11.5 Å². The molecule has 2 aromatic carbocycles. The Morgan fingerprint density at radius 3 is 2.38 bits per heavy atom. The van der Waals surface area contributed by atoms with Gasteiger partial charge < -0.3 is 19.9 Å². The zero-order valence-electron chi connectivity index (χ0n) is 12.1. The second-order valence-corrected chi connectivity index (χ2v) is 4.55. The van der Waals surface area contributed by atoms with Gasteiger partial charge in [0, 0.05) is 11.8 Å². The van der Waals surface area contributed by atoms with E-state index in [1.165, 1.54) is 0 Å². The fraction of sp³-hybridized carbons (Fsp3) is 0.188. The predicted octanol–water partition coefficient (Wildman–Crippen LogP) is 3.45. The van der Waals surface area contributed by atoms with Crippen LogP contribution in [0.3, 0.4) is 0 Å². The molecule has 0 bridgehead atoms. The highest BCUT2D eigenvalue weighted by atomic mass is 16.5. The van der Waals surface area contributed by atoms with Crippen LogP contribution in [-0.4, -0.2) is 25.3 Å². The molecule has 0 fully saturated rings. The van der Waals surface area contributed by atoms with Crippen LogP contribution in [0.25, 0.3) is 0 Å². The summed E-state index contributed by atoms with van der Waals surface area (Å²) in [5.41, 5.74) is 2.37. The van der Waals surface area contributed by atoms with Gasteiger partial charge in [0.1, 0.15) is 0 Å². The van der Waals surface area contributed by atoms with Crippen molar-refractivity contribution in [2.24, 2.45) is 0 Å². The minimum Gasteiger partial charge on any atom is -0.493 e. The minimum atomic E-state index is -0.971. The summed E-state index contributed by atoms with van der Waals surface area (Å²) in [6, 6.07) is 10.5. The van der Waals surface area contributed by atoms with Crippen molar-refractivity contribution >= 4 is 17.3 Å². The number of rotatable bonds is 5. The SMILES string of the molecule is COc1ccc(Nc2ccc(C)cc2C(=O)O)cc1OC. The summed E-state index contributed by atoms with van der Waals surface area (Å²) in [4.78, 5) is 11.3. The highest BCUT2D eigenvalue weighted by Gasteiger charge is 2.11. The Kier molecular flexibility index (Phi) is 4.33. The van der Waals surface area contributed by atoms with E-state index in [0.29, 0.717) is 17.2 Å². The van der Waals surface area contributed by atoms with Crippen LogP contribution in [0.4, 0.5) is 11.4 Å². The lowest BCUT2D eigenvalue weighted by atomic mass is 10.1. The number of aromatic carboxylic acids is 1. The predicted molar refractivity (Wildman–Crippen MR) is 81.0 cm³/mol. The van der Waals surface area contributed by atoms with E-state index in [-0.39, 0.29) is 5.56 Å². The fourth-order valence-corrected chi connectivity index (χ4v) is 2.01. The topological polar surface area (TPSA) is 67.8 Å². The van der Waals surface area contributed by atoms with Crippen LogP contribution >= 0.6 is 0 Å². The molecule has 0 amide bonds. The molecule has 5 nitrogen and oxygen atoms in total. The van der Waals surface area contributed by atoms with Gasteiger partial charge in [0.2, 0.25) is 0 Å². The van der Waals surface area contributed by atoms with Crippen molar-refractivity contribution in [3.8, 4) is 11.5 Å². The maximum absolute atomic E-state index is 11.3. The molecule has 0 aliphatic carbocycles. The first-order valence-corrected chi connectivity index (χ1v) is 6.38. The standard InChI is InChI=1S/C16H17NO4/c1-10-4-6-13(12(8-10)16(18)19)17-11-5-7-14(20-2)15(9-11)21-3/h4-9,17H,1-3H3,(H,18,19). The van der Waals surface area contributed by atoms with Gasteiger partial charge >= 0.3 is 5.97 Å². The molecule has 21 heavy (non-hydrogen) atoms. The van der Waals surface area contributed by atoms with Gasteiger partial charge in [-0.2, -0.15) is 0 Å². The van der Waals surface area contributed by atoms with Crippen molar-refractivity contribution in [2.45, 2.75) is 6.92 Å². The third-order valence-corrected chi connectivity index (χ3v) is 3.07. The Morgan fingerprint density at radius 1 is 1.05 bits per heavy atom. The Bertz CT molecular complexity index is 667. The van der Waals surface area contributed by atoms with E-state index in [2.05, 4.69) is 5.32 Å². The van der Waals surface area contributed by atoms with Crippen LogP contribution in [-0.2, 0) is 0 Å². The summed E-state index contributed by atoms with van der Waals surface area (Å²) in [6.07, 6.45) is 0. The van der Waals surface area contributed by atoms with Crippen LogP contribution in [0.1, 0.15) is 15.9 Å². The molecule has 2 rings (SSSR count). The maximum Gasteiger partial charge on any atom is 0.337 e. The lowest BCUT2D eigenvalue weighted by Gasteiger charge is -2.13. The van der Waals surface area contributed by atoms with Crippen LogP contribution < -0.4 is 14.8 Å². The zero-order chi connectivity index (χ0) is 15.4.